The maximum absolute atomic E-state index is 9.32. The molecule has 4 rings (SSSR count). The maximum atomic E-state index is 9.32. The van der Waals surface area contributed by atoms with E-state index in [0.29, 0.717) is 23.7 Å². The van der Waals surface area contributed by atoms with Gasteiger partial charge in [-0.25, -0.2) is 4.68 Å². The summed E-state index contributed by atoms with van der Waals surface area (Å²) in [5.41, 5.74) is 9.66. The number of hydrogen-bond acceptors (Lipinski definition) is 6. The molecule has 1 atom stereocenters. The van der Waals surface area contributed by atoms with Gasteiger partial charge in [-0.1, -0.05) is 6.07 Å². The summed E-state index contributed by atoms with van der Waals surface area (Å²) >= 11 is 0. The predicted molar refractivity (Wildman–Crippen MR) is 108 cm³/mol. The van der Waals surface area contributed by atoms with Crippen molar-refractivity contribution in [2.24, 2.45) is 12.8 Å². The lowest BCUT2D eigenvalue weighted by Gasteiger charge is -2.11. The number of nitrogens with zero attached hydrogens (tertiary/aromatic N) is 4. The number of rotatable bonds is 6. The first-order chi connectivity index (χ1) is 14.2. The Labute approximate surface area is 169 Å². The smallest absolute Gasteiger partial charge is 0.217 e. The van der Waals surface area contributed by atoms with E-state index in [-0.39, 0.29) is 6.10 Å². The summed E-state index contributed by atoms with van der Waals surface area (Å²) in [6, 6.07) is 13.4. The molecule has 2 aromatic heterocycles. The summed E-state index contributed by atoms with van der Waals surface area (Å²) in [4.78, 5) is 4.56. The van der Waals surface area contributed by atoms with Gasteiger partial charge in [0.15, 0.2) is 0 Å². The molecule has 3 heterocycles. The molecule has 1 aromatic carbocycles. The standard InChI is InChI=1S/C22H23N5O2/c1-27-22(12-19(26-27)20-3-2-10-28-20)29-21-11-16(13-24)4-6-17(21)18-7-5-15(8-9-23)14-25-18/h4-7,11-12,14,20H,2-3,8-10,23H2,1H3. The van der Waals surface area contributed by atoms with Crippen molar-refractivity contribution in [1.82, 2.24) is 14.8 Å². The molecule has 3 aromatic rings. The third-order valence-electron chi connectivity index (χ3n) is 4.97. The van der Waals surface area contributed by atoms with Crippen molar-refractivity contribution in [1.29, 1.82) is 5.26 Å². The average Bonchev–Trinajstić information content (AvgIpc) is 3.39. The fourth-order valence-electron chi connectivity index (χ4n) is 3.43. The minimum Gasteiger partial charge on any atom is -0.439 e. The zero-order valence-corrected chi connectivity index (χ0v) is 16.3. The molecule has 1 fully saturated rings. The van der Waals surface area contributed by atoms with Gasteiger partial charge in [0.25, 0.3) is 0 Å². The van der Waals surface area contributed by atoms with Crippen molar-refractivity contribution < 1.29 is 9.47 Å². The normalized spacial score (nSPS) is 16.0. The molecule has 0 spiro atoms. The zero-order chi connectivity index (χ0) is 20.2. The van der Waals surface area contributed by atoms with Crippen molar-refractivity contribution >= 4 is 0 Å². The van der Waals surface area contributed by atoms with Crippen LogP contribution in [0.15, 0.2) is 42.6 Å². The second-order valence-corrected chi connectivity index (χ2v) is 7.05. The van der Waals surface area contributed by atoms with Gasteiger partial charge in [0.1, 0.15) is 11.9 Å². The van der Waals surface area contributed by atoms with E-state index in [4.69, 9.17) is 15.2 Å². The molecule has 0 aliphatic carbocycles. The summed E-state index contributed by atoms with van der Waals surface area (Å²) in [5, 5.41) is 13.9. The van der Waals surface area contributed by atoms with Gasteiger partial charge in [-0.05, 0) is 55.6 Å². The Balaban J connectivity index is 1.67. The molecular formula is C22H23N5O2. The van der Waals surface area contributed by atoms with E-state index in [9.17, 15) is 5.26 Å². The molecule has 0 amide bonds. The first kappa shape index (κ1) is 19.1. The Morgan fingerprint density at radius 2 is 2.21 bits per heavy atom. The molecule has 148 valence electrons. The van der Waals surface area contributed by atoms with Crippen LogP contribution in [0.3, 0.4) is 0 Å². The van der Waals surface area contributed by atoms with Crippen molar-refractivity contribution in [3.8, 4) is 29.0 Å². The molecule has 0 bridgehead atoms. The number of nitrogens with two attached hydrogens (primary N) is 1. The first-order valence-electron chi connectivity index (χ1n) is 9.71. The van der Waals surface area contributed by atoms with Gasteiger partial charge in [0, 0.05) is 31.5 Å². The SMILES string of the molecule is Cn1nc(C2CCCO2)cc1Oc1cc(C#N)ccc1-c1ccc(CCN)cn1. The van der Waals surface area contributed by atoms with Crippen molar-refractivity contribution in [3.63, 3.8) is 0 Å². The number of benzene rings is 1. The third-order valence-corrected chi connectivity index (χ3v) is 4.97. The Bertz CT molecular complexity index is 1030. The van der Waals surface area contributed by atoms with E-state index in [2.05, 4.69) is 16.2 Å². The van der Waals surface area contributed by atoms with E-state index < -0.39 is 0 Å². The van der Waals surface area contributed by atoms with Crippen LogP contribution in [0.25, 0.3) is 11.3 Å². The lowest BCUT2D eigenvalue weighted by molar-refractivity contribution is 0.108. The molecule has 1 aliphatic heterocycles. The highest BCUT2D eigenvalue weighted by Gasteiger charge is 2.22. The van der Waals surface area contributed by atoms with Crippen LogP contribution in [0.4, 0.5) is 0 Å². The molecule has 1 saturated heterocycles. The minimum absolute atomic E-state index is 0.0141. The van der Waals surface area contributed by atoms with Crippen molar-refractivity contribution in [2.75, 3.05) is 13.2 Å². The Morgan fingerprint density at radius 3 is 2.90 bits per heavy atom. The third kappa shape index (κ3) is 4.14. The summed E-state index contributed by atoms with van der Waals surface area (Å²) in [6.45, 7) is 1.34. The van der Waals surface area contributed by atoms with E-state index >= 15 is 0 Å². The Hall–Kier alpha value is -3.21. The molecular weight excluding hydrogens is 366 g/mol. The summed E-state index contributed by atoms with van der Waals surface area (Å²) in [6.07, 6.45) is 4.62. The summed E-state index contributed by atoms with van der Waals surface area (Å²) < 4.78 is 13.6. The fourth-order valence-corrected chi connectivity index (χ4v) is 3.43. The molecule has 1 aliphatic rings. The van der Waals surface area contributed by atoms with Crippen molar-refractivity contribution in [3.05, 3.63) is 59.4 Å². The Kier molecular flexibility index (Phi) is 5.56. The quantitative estimate of drug-likeness (QED) is 0.693. The number of pyridine rings is 1. The van der Waals surface area contributed by atoms with Crippen LogP contribution in [0.1, 0.15) is 35.8 Å². The van der Waals surface area contributed by atoms with Crippen LogP contribution in [0.2, 0.25) is 0 Å². The van der Waals surface area contributed by atoms with Gasteiger partial charge in [-0.2, -0.15) is 10.4 Å². The van der Waals surface area contributed by atoms with E-state index in [0.717, 1.165) is 48.4 Å². The number of ether oxygens (including phenoxy) is 2. The van der Waals surface area contributed by atoms with Gasteiger partial charge < -0.3 is 15.2 Å². The van der Waals surface area contributed by atoms with Crippen LogP contribution < -0.4 is 10.5 Å². The predicted octanol–water partition coefficient (Wildman–Crippen LogP) is 3.50. The zero-order valence-electron chi connectivity index (χ0n) is 16.3. The minimum atomic E-state index is 0.0141. The second-order valence-electron chi connectivity index (χ2n) is 7.05. The largest absolute Gasteiger partial charge is 0.439 e. The Morgan fingerprint density at radius 1 is 1.31 bits per heavy atom. The monoisotopic (exact) mass is 389 g/mol. The highest BCUT2D eigenvalue weighted by Crippen LogP contribution is 2.35. The van der Waals surface area contributed by atoms with Crippen LogP contribution in [0, 0.1) is 11.3 Å². The highest BCUT2D eigenvalue weighted by atomic mass is 16.5. The highest BCUT2D eigenvalue weighted by molar-refractivity contribution is 5.69. The second kappa shape index (κ2) is 8.43. The van der Waals surface area contributed by atoms with Gasteiger partial charge in [0.2, 0.25) is 5.88 Å². The topological polar surface area (TPSA) is 99.0 Å². The van der Waals surface area contributed by atoms with E-state index in [1.54, 1.807) is 16.8 Å². The lowest BCUT2D eigenvalue weighted by atomic mass is 10.1. The van der Waals surface area contributed by atoms with Crippen LogP contribution in [-0.4, -0.2) is 27.9 Å². The number of hydrogen-bond donors (Lipinski definition) is 1. The average molecular weight is 389 g/mol. The maximum Gasteiger partial charge on any atom is 0.217 e. The molecule has 29 heavy (non-hydrogen) atoms. The number of nitriles is 1. The first-order valence-corrected chi connectivity index (χ1v) is 9.71. The van der Waals surface area contributed by atoms with Crippen LogP contribution in [-0.2, 0) is 18.2 Å². The summed E-state index contributed by atoms with van der Waals surface area (Å²) in [5.74, 6) is 1.15. The summed E-state index contributed by atoms with van der Waals surface area (Å²) in [7, 11) is 1.83. The van der Waals surface area contributed by atoms with Crippen LogP contribution >= 0.6 is 0 Å². The number of aryl methyl sites for hydroxylation is 1. The van der Waals surface area contributed by atoms with Crippen molar-refractivity contribution in [2.45, 2.75) is 25.4 Å². The molecule has 0 saturated carbocycles. The van der Waals surface area contributed by atoms with Gasteiger partial charge in [-0.15, -0.1) is 0 Å². The van der Waals surface area contributed by atoms with E-state index in [1.165, 1.54) is 0 Å². The van der Waals surface area contributed by atoms with Gasteiger partial charge in [-0.3, -0.25) is 4.98 Å². The lowest BCUT2D eigenvalue weighted by Crippen LogP contribution is -2.03. The van der Waals surface area contributed by atoms with Gasteiger partial charge in [0.05, 0.1) is 23.0 Å². The van der Waals surface area contributed by atoms with E-state index in [1.807, 2.05) is 37.5 Å². The fraction of sp³-hybridized carbons (Fsp3) is 0.318. The molecule has 1 unspecified atom stereocenters. The molecule has 7 heteroatoms. The molecule has 0 radical (unpaired) electrons. The molecule has 2 N–H and O–H groups in total. The van der Waals surface area contributed by atoms with Gasteiger partial charge >= 0.3 is 0 Å². The molecule has 7 nitrogen and oxygen atoms in total. The number of aromatic nitrogens is 3. The van der Waals surface area contributed by atoms with Crippen LogP contribution in [0.5, 0.6) is 11.6 Å².